The van der Waals surface area contributed by atoms with Gasteiger partial charge in [-0.05, 0) is 37.6 Å². The summed E-state index contributed by atoms with van der Waals surface area (Å²) < 4.78 is 1.65. The molecule has 1 aromatic carbocycles. The minimum Gasteiger partial charge on any atom is -0.394 e. The van der Waals surface area contributed by atoms with Crippen LogP contribution in [0.25, 0.3) is 11.3 Å². The molecule has 0 saturated carbocycles. The van der Waals surface area contributed by atoms with Crippen LogP contribution in [0.4, 0.5) is 11.8 Å². The molecule has 2 amide bonds. The van der Waals surface area contributed by atoms with E-state index in [1.165, 1.54) is 11.1 Å². The van der Waals surface area contributed by atoms with E-state index in [0.717, 1.165) is 11.3 Å². The number of aryl methyl sites for hydroxylation is 2. The average Bonchev–Trinajstić information content (AvgIpc) is 3.49. The Morgan fingerprint density at radius 2 is 2.03 bits per heavy atom. The van der Waals surface area contributed by atoms with Crippen molar-refractivity contribution in [2.24, 2.45) is 7.05 Å². The number of benzene rings is 1. The number of hydrogen-bond acceptors (Lipinski definition) is 8. The minimum atomic E-state index is -0.774. The zero-order valence-electron chi connectivity index (χ0n) is 21.6. The average molecular weight is 547 g/mol. The predicted octanol–water partition coefficient (Wildman–Crippen LogP) is 3.17. The van der Waals surface area contributed by atoms with Gasteiger partial charge in [0, 0.05) is 36.5 Å². The smallest absolute Gasteiger partial charge is 0.255 e. The molecule has 0 spiro atoms. The van der Waals surface area contributed by atoms with Gasteiger partial charge in [-0.15, -0.1) is 0 Å². The van der Waals surface area contributed by atoms with Gasteiger partial charge in [-0.25, -0.2) is 9.97 Å². The standard InChI is InChI=1S/C27H27ClN8O3/c1-15-5-4-6-21(31-15)22(14-37)32-25(38)16(2)36-13-18-8-7-17(11-19(18)26(36)39)24-20(28)12-29-27(34-24)33-23-9-10-30-35(23)3/h4-12,16,22,37H,13-14H2,1-3H3,(H,32,38)(H,29,33,34)/t16-,22-/m1/s1. The first kappa shape index (κ1) is 26.3. The topological polar surface area (TPSA) is 138 Å². The molecule has 11 nitrogen and oxygen atoms in total. The van der Waals surface area contributed by atoms with Crippen molar-refractivity contribution in [3.05, 3.63) is 82.4 Å². The van der Waals surface area contributed by atoms with Crippen LogP contribution in [0.3, 0.4) is 0 Å². The summed E-state index contributed by atoms with van der Waals surface area (Å²) in [6, 6.07) is 11.1. The van der Waals surface area contributed by atoms with Crippen LogP contribution in [-0.4, -0.2) is 59.2 Å². The Balaban J connectivity index is 1.34. The first-order valence-electron chi connectivity index (χ1n) is 12.3. The molecule has 0 aliphatic carbocycles. The van der Waals surface area contributed by atoms with Crippen molar-refractivity contribution in [2.75, 3.05) is 11.9 Å². The van der Waals surface area contributed by atoms with Crippen LogP contribution in [0.5, 0.6) is 0 Å². The first-order valence-corrected chi connectivity index (χ1v) is 12.7. The predicted molar refractivity (Wildman–Crippen MR) is 145 cm³/mol. The number of fused-ring (bicyclic) bond motifs is 1. The molecule has 3 aromatic heterocycles. The number of nitrogens with one attached hydrogen (secondary N) is 2. The maximum Gasteiger partial charge on any atom is 0.255 e. The zero-order valence-corrected chi connectivity index (χ0v) is 22.3. The number of hydrogen-bond donors (Lipinski definition) is 3. The molecular formula is C27H27ClN8O3. The molecule has 12 heteroatoms. The van der Waals surface area contributed by atoms with Gasteiger partial charge in [-0.1, -0.05) is 29.8 Å². The third-order valence-electron chi connectivity index (χ3n) is 6.63. The fourth-order valence-corrected chi connectivity index (χ4v) is 4.63. The van der Waals surface area contributed by atoms with E-state index in [2.05, 4.69) is 30.7 Å². The Kier molecular flexibility index (Phi) is 7.27. The van der Waals surface area contributed by atoms with E-state index in [1.54, 1.807) is 43.0 Å². The van der Waals surface area contributed by atoms with Gasteiger partial charge in [0.05, 0.1) is 41.5 Å². The SMILES string of the molecule is Cc1cccc([C@@H](CO)NC(=O)[C@@H](C)N2Cc3ccc(-c4nc(Nc5ccnn5C)ncc4Cl)cc3C2=O)n1. The summed E-state index contributed by atoms with van der Waals surface area (Å²) in [7, 11) is 1.79. The molecule has 0 saturated heterocycles. The van der Waals surface area contributed by atoms with E-state index in [4.69, 9.17) is 11.6 Å². The summed E-state index contributed by atoms with van der Waals surface area (Å²) in [4.78, 5) is 41.2. The third kappa shape index (κ3) is 5.31. The van der Waals surface area contributed by atoms with Gasteiger partial charge in [0.25, 0.3) is 5.91 Å². The van der Waals surface area contributed by atoms with Crippen molar-refractivity contribution in [3.8, 4) is 11.3 Å². The van der Waals surface area contributed by atoms with Crippen LogP contribution >= 0.6 is 11.6 Å². The fourth-order valence-electron chi connectivity index (χ4n) is 4.43. The molecular weight excluding hydrogens is 520 g/mol. The lowest BCUT2D eigenvalue weighted by Gasteiger charge is -2.25. The molecule has 200 valence electrons. The van der Waals surface area contributed by atoms with Gasteiger partial charge >= 0.3 is 0 Å². The summed E-state index contributed by atoms with van der Waals surface area (Å²) in [5.41, 5.74) is 3.71. The van der Waals surface area contributed by atoms with Gasteiger partial charge in [0.2, 0.25) is 11.9 Å². The number of nitrogens with zero attached hydrogens (tertiary/aromatic N) is 6. The van der Waals surface area contributed by atoms with Crippen LogP contribution in [0.1, 0.15) is 40.3 Å². The molecule has 4 heterocycles. The second kappa shape index (κ2) is 10.8. The molecule has 4 aromatic rings. The summed E-state index contributed by atoms with van der Waals surface area (Å²) in [6.07, 6.45) is 3.15. The molecule has 0 bridgehead atoms. The number of carbonyl (C=O) groups excluding carboxylic acids is 2. The highest BCUT2D eigenvalue weighted by Gasteiger charge is 2.35. The summed E-state index contributed by atoms with van der Waals surface area (Å²) in [5, 5.41) is 20.2. The Bertz CT molecular complexity index is 1560. The van der Waals surface area contributed by atoms with Crippen molar-refractivity contribution in [1.29, 1.82) is 0 Å². The third-order valence-corrected chi connectivity index (χ3v) is 6.91. The maximum atomic E-state index is 13.4. The second-order valence-electron chi connectivity index (χ2n) is 9.28. The largest absolute Gasteiger partial charge is 0.394 e. The minimum absolute atomic E-state index is 0.276. The Morgan fingerprint density at radius 3 is 2.74 bits per heavy atom. The second-order valence-corrected chi connectivity index (χ2v) is 9.69. The van der Waals surface area contributed by atoms with Gasteiger partial charge in [0.1, 0.15) is 11.9 Å². The van der Waals surface area contributed by atoms with E-state index in [-0.39, 0.29) is 25.0 Å². The fraction of sp³-hybridized carbons (Fsp3) is 0.259. The van der Waals surface area contributed by atoms with Crippen molar-refractivity contribution in [3.63, 3.8) is 0 Å². The van der Waals surface area contributed by atoms with Gasteiger partial charge in [-0.3, -0.25) is 19.3 Å². The highest BCUT2D eigenvalue weighted by atomic mass is 35.5. The summed E-state index contributed by atoms with van der Waals surface area (Å²) >= 11 is 6.43. The normalized spacial score (nSPS) is 14.2. The molecule has 39 heavy (non-hydrogen) atoms. The number of aliphatic hydroxyl groups is 1. The van der Waals surface area contributed by atoms with Crippen LogP contribution in [-0.2, 0) is 18.4 Å². The summed E-state index contributed by atoms with van der Waals surface area (Å²) in [6.45, 7) is 3.46. The maximum absolute atomic E-state index is 13.4. The molecule has 5 rings (SSSR count). The van der Waals surface area contributed by atoms with Crippen molar-refractivity contribution in [2.45, 2.75) is 32.5 Å². The first-order chi connectivity index (χ1) is 18.7. The monoisotopic (exact) mass is 546 g/mol. The van der Waals surface area contributed by atoms with Crippen LogP contribution in [0.2, 0.25) is 5.02 Å². The number of anilines is 2. The van der Waals surface area contributed by atoms with Gasteiger partial charge < -0.3 is 20.6 Å². The van der Waals surface area contributed by atoms with Gasteiger partial charge in [-0.2, -0.15) is 5.10 Å². The van der Waals surface area contributed by atoms with E-state index in [9.17, 15) is 14.7 Å². The lowest BCUT2D eigenvalue weighted by Crippen LogP contribution is -2.46. The quantitative estimate of drug-likeness (QED) is 0.306. The molecule has 0 radical (unpaired) electrons. The molecule has 1 aliphatic heterocycles. The van der Waals surface area contributed by atoms with Crippen molar-refractivity contribution in [1.82, 2.24) is 34.9 Å². The lowest BCUT2D eigenvalue weighted by atomic mass is 10.0. The van der Waals surface area contributed by atoms with E-state index in [0.29, 0.717) is 39.3 Å². The molecule has 0 unspecified atom stereocenters. The van der Waals surface area contributed by atoms with Crippen molar-refractivity contribution < 1.29 is 14.7 Å². The highest BCUT2D eigenvalue weighted by molar-refractivity contribution is 6.33. The highest BCUT2D eigenvalue weighted by Crippen LogP contribution is 2.32. The number of carbonyl (C=O) groups is 2. The zero-order chi connectivity index (χ0) is 27.7. The Morgan fingerprint density at radius 1 is 1.21 bits per heavy atom. The molecule has 0 fully saturated rings. The van der Waals surface area contributed by atoms with E-state index < -0.39 is 12.1 Å². The number of halogens is 1. The molecule has 3 N–H and O–H groups in total. The lowest BCUT2D eigenvalue weighted by molar-refractivity contribution is -0.126. The number of aliphatic hydroxyl groups excluding tert-OH is 1. The number of rotatable bonds is 8. The van der Waals surface area contributed by atoms with Crippen LogP contribution in [0, 0.1) is 6.92 Å². The Hall–Kier alpha value is -4.35. The van der Waals surface area contributed by atoms with Crippen molar-refractivity contribution >= 4 is 35.2 Å². The van der Waals surface area contributed by atoms with Gasteiger partial charge in [0.15, 0.2) is 0 Å². The van der Waals surface area contributed by atoms with E-state index in [1.807, 2.05) is 31.2 Å². The van der Waals surface area contributed by atoms with Crippen LogP contribution in [0.15, 0.2) is 54.9 Å². The molecule has 2 atom stereocenters. The molecule has 1 aliphatic rings. The van der Waals surface area contributed by atoms with Crippen LogP contribution < -0.4 is 10.6 Å². The number of pyridine rings is 1. The number of aromatic nitrogens is 5. The summed E-state index contributed by atoms with van der Waals surface area (Å²) in [5.74, 6) is 0.376. The number of amides is 2. The van der Waals surface area contributed by atoms with E-state index >= 15 is 0 Å². The Labute approximate surface area is 229 Å².